The molecule has 1 heterocycles. The van der Waals surface area contributed by atoms with Gasteiger partial charge in [-0.3, -0.25) is 4.39 Å². The van der Waals surface area contributed by atoms with Crippen LogP contribution in [0.5, 0.6) is 0 Å². The third-order valence-corrected chi connectivity index (χ3v) is 2.10. The molecule has 6 heteroatoms. The van der Waals surface area contributed by atoms with E-state index in [4.69, 9.17) is 5.73 Å². The summed E-state index contributed by atoms with van der Waals surface area (Å²) in [5.41, 5.74) is 5.44. The summed E-state index contributed by atoms with van der Waals surface area (Å²) in [6, 6.07) is 0. The van der Waals surface area contributed by atoms with Gasteiger partial charge in [-0.1, -0.05) is 18.7 Å². The maximum absolute atomic E-state index is 11.8. The number of nitrogens with zero attached hydrogens (tertiary/aromatic N) is 3. The number of halogens is 1. The van der Waals surface area contributed by atoms with Crippen LogP contribution in [0.4, 0.5) is 10.3 Å². The molecule has 0 aliphatic rings. The summed E-state index contributed by atoms with van der Waals surface area (Å²) in [4.78, 5) is 11.9. The van der Waals surface area contributed by atoms with Gasteiger partial charge in [-0.05, 0) is 0 Å². The van der Waals surface area contributed by atoms with Crippen molar-refractivity contribution >= 4 is 17.7 Å². The maximum atomic E-state index is 11.8. The summed E-state index contributed by atoms with van der Waals surface area (Å²) < 4.78 is 11.8. The highest BCUT2D eigenvalue weighted by atomic mass is 32.2. The summed E-state index contributed by atoms with van der Waals surface area (Å²) in [5, 5.41) is 0.502. The zero-order valence-electron chi connectivity index (χ0n) is 7.33. The monoisotopic (exact) mass is 202 g/mol. The molecule has 1 aromatic rings. The van der Waals surface area contributed by atoms with Gasteiger partial charge in [0.1, 0.15) is 5.82 Å². The van der Waals surface area contributed by atoms with E-state index in [-0.39, 0.29) is 5.95 Å². The number of hydrogen-bond donors (Lipinski definition) is 1. The van der Waals surface area contributed by atoms with Crippen LogP contribution in [-0.2, 0) is 6.42 Å². The Labute approximate surface area is 80.2 Å². The molecule has 0 spiro atoms. The van der Waals surface area contributed by atoms with Crippen LogP contribution < -0.4 is 5.73 Å². The Morgan fingerprint density at radius 1 is 1.38 bits per heavy atom. The van der Waals surface area contributed by atoms with Crippen LogP contribution in [0.1, 0.15) is 12.7 Å². The Bertz CT molecular complexity index is 281. The molecule has 0 saturated heterocycles. The Kier molecular flexibility index (Phi) is 3.88. The second kappa shape index (κ2) is 4.96. The molecule has 0 aromatic carbocycles. The topological polar surface area (TPSA) is 64.7 Å². The number of rotatable bonds is 4. The Hall–Kier alpha value is -0.910. The van der Waals surface area contributed by atoms with Crippen molar-refractivity contribution < 1.29 is 4.39 Å². The fourth-order valence-corrected chi connectivity index (χ4v) is 1.36. The number of aromatic nitrogens is 3. The number of nitrogen functional groups attached to an aromatic ring is 1. The molecule has 2 N–H and O–H groups in total. The molecule has 4 nitrogen and oxygen atoms in total. The summed E-state index contributed by atoms with van der Waals surface area (Å²) >= 11 is 1.25. The van der Waals surface area contributed by atoms with Crippen molar-refractivity contribution in [2.45, 2.75) is 18.5 Å². The number of thioether (sulfide) groups is 1. The predicted molar refractivity (Wildman–Crippen MR) is 50.3 cm³/mol. The average molecular weight is 202 g/mol. The highest BCUT2D eigenvalue weighted by Gasteiger charge is 2.02. The van der Waals surface area contributed by atoms with Crippen molar-refractivity contribution in [1.82, 2.24) is 15.0 Å². The number of aryl methyl sites for hydroxylation is 1. The average Bonchev–Trinajstić information content (AvgIpc) is 2.14. The van der Waals surface area contributed by atoms with Gasteiger partial charge in [-0.15, -0.1) is 0 Å². The molecular formula is C7H11FN4S. The second-order valence-corrected chi connectivity index (χ2v) is 3.35. The molecule has 0 aliphatic carbocycles. The standard InChI is InChI=1S/C7H11FN4S/c1-2-5-10-6(9)12-7(11-5)13-4-3-8/h2-4H2,1H3,(H2,9,10,11,12). The SMILES string of the molecule is CCc1nc(N)nc(SCCF)n1. The molecule has 0 amide bonds. The quantitative estimate of drug-likeness (QED) is 0.740. The molecule has 0 fully saturated rings. The summed E-state index contributed by atoms with van der Waals surface area (Å²) in [5.74, 6) is 1.20. The molecule has 0 bridgehead atoms. The molecule has 0 unspecified atom stereocenters. The normalized spacial score (nSPS) is 10.3. The third-order valence-electron chi connectivity index (χ3n) is 1.30. The zero-order valence-corrected chi connectivity index (χ0v) is 8.14. The first-order chi connectivity index (χ1) is 6.26. The van der Waals surface area contributed by atoms with E-state index in [1.165, 1.54) is 11.8 Å². The zero-order chi connectivity index (χ0) is 9.68. The van der Waals surface area contributed by atoms with E-state index in [9.17, 15) is 4.39 Å². The lowest BCUT2D eigenvalue weighted by Gasteiger charge is -2.00. The van der Waals surface area contributed by atoms with E-state index in [1.54, 1.807) is 0 Å². The van der Waals surface area contributed by atoms with Gasteiger partial charge in [0.15, 0.2) is 5.16 Å². The highest BCUT2D eigenvalue weighted by Crippen LogP contribution is 2.13. The fourth-order valence-electron chi connectivity index (χ4n) is 0.768. The Balaban J connectivity index is 2.76. The van der Waals surface area contributed by atoms with E-state index in [0.29, 0.717) is 23.2 Å². The molecule has 0 atom stereocenters. The smallest absolute Gasteiger partial charge is 0.224 e. The Morgan fingerprint density at radius 2 is 2.15 bits per heavy atom. The van der Waals surface area contributed by atoms with Gasteiger partial charge in [0, 0.05) is 12.2 Å². The van der Waals surface area contributed by atoms with Crippen molar-refractivity contribution in [1.29, 1.82) is 0 Å². The molecule has 13 heavy (non-hydrogen) atoms. The first kappa shape index (κ1) is 10.2. The lowest BCUT2D eigenvalue weighted by Crippen LogP contribution is -2.03. The van der Waals surface area contributed by atoms with Crippen LogP contribution in [0.2, 0.25) is 0 Å². The van der Waals surface area contributed by atoms with Gasteiger partial charge in [0.2, 0.25) is 5.95 Å². The van der Waals surface area contributed by atoms with Gasteiger partial charge in [-0.25, -0.2) is 4.98 Å². The number of anilines is 1. The van der Waals surface area contributed by atoms with Crippen LogP contribution in [0.3, 0.4) is 0 Å². The third kappa shape index (κ3) is 3.14. The molecule has 1 aromatic heterocycles. The van der Waals surface area contributed by atoms with Crippen LogP contribution in [0.25, 0.3) is 0 Å². The van der Waals surface area contributed by atoms with Crippen molar-refractivity contribution in [3.63, 3.8) is 0 Å². The largest absolute Gasteiger partial charge is 0.368 e. The molecule has 72 valence electrons. The van der Waals surface area contributed by atoms with Gasteiger partial charge >= 0.3 is 0 Å². The van der Waals surface area contributed by atoms with E-state index in [1.807, 2.05) is 6.92 Å². The van der Waals surface area contributed by atoms with Crippen LogP contribution in [0.15, 0.2) is 5.16 Å². The van der Waals surface area contributed by atoms with Crippen molar-refractivity contribution in [2.75, 3.05) is 18.2 Å². The Morgan fingerprint density at radius 3 is 2.77 bits per heavy atom. The lowest BCUT2D eigenvalue weighted by molar-refractivity contribution is 0.532. The minimum absolute atomic E-state index is 0.202. The second-order valence-electron chi connectivity index (χ2n) is 2.28. The van der Waals surface area contributed by atoms with E-state index >= 15 is 0 Å². The highest BCUT2D eigenvalue weighted by molar-refractivity contribution is 7.99. The minimum atomic E-state index is -0.391. The predicted octanol–water partition coefficient (Wildman–Crippen LogP) is 1.08. The molecule has 0 radical (unpaired) electrons. The van der Waals surface area contributed by atoms with Crippen LogP contribution in [0, 0.1) is 0 Å². The summed E-state index contributed by atoms with van der Waals surface area (Å²) in [6.07, 6.45) is 0.704. The van der Waals surface area contributed by atoms with E-state index in [0.717, 1.165) is 0 Å². The van der Waals surface area contributed by atoms with Gasteiger partial charge in [0.25, 0.3) is 0 Å². The minimum Gasteiger partial charge on any atom is -0.368 e. The molecule has 0 aliphatic heterocycles. The van der Waals surface area contributed by atoms with Gasteiger partial charge in [-0.2, -0.15) is 9.97 Å². The summed E-state index contributed by atoms with van der Waals surface area (Å²) in [6.45, 7) is 1.54. The first-order valence-electron chi connectivity index (χ1n) is 3.95. The van der Waals surface area contributed by atoms with Crippen molar-refractivity contribution in [3.05, 3.63) is 5.82 Å². The molecular weight excluding hydrogens is 191 g/mol. The van der Waals surface area contributed by atoms with E-state index < -0.39 is 6.67 Å². The lowest BCUT2D eigenvalue weighted by atomic mass is 10.5. The fraction of sp³-hybridized carbons (Fsp3) is 0.571. The van der Waals surface area contributed by atoms with Crippen molar-refractivity contribution in [2.24, 2.45) is 0 Å². The van der Waals surface area contributed by atoms with Crippen molar-refractivity contribution in [3.8, 4) is 0 Å². The number of alkyl halides is 1. The van der Waals surface area contributed by atoms with Gasteiger partial charge < -0.3 is 5.73 Å². The number of hydrogen-bond acceptors (Lipinski definition) is 5. The molecule has 1 rings (SSSR count). The van der Waals surface area contributed by atoms with E-state index in [2.05, 4.69) is 15.0 Å². The first-order valence-corrected chi connectivity index (χ1v) is 4.94. The van der Waals surface area contributed by atoms with Crippen LogP contribution in [-0.4, -0.2) is 27.4 Å². The summed E-state index contributed by atoms with van der Waals surface area (Å²) in [7, 11) is 0. The maximum Gasteiger partial charge on any atom is 0.224 e. The van der Waals surface area contributed by atoms with Crippen LogP contribution >= 0.6 is 11.8 Å². The number of nitrogens with two attached hydrogens (primary N) is 1. The van der Waals surface area contributed by atoms with Gasteiger partial charge in [0.05, 0.1) is 6.67 Å². The molecule has 0 saturated carbocycles.